The van der Waals surface area contributed by atoms with Gasteiger partial charge in [-0.25, -0.2) is 14.4 Å². The molecule has 336 valence electrons. The van der Waals surface area contributed by atoms with Crippen molar-refractivity contribution in [1.82, 2.24) is 51.5 Å². The van der Waals surface area contributed by atoms with Gasteiger partial charge in [-0.3, -0.25) is 0 Å². The second-order valence-electron chi connectivity index (χ2n) is 16.6. The Balaban J connectivity index is 0.000000870. The van der Waals surface area contributed by atoms with E-state index < -0.39 is 29.1 Å². The summed E-state index contributed by atoms with van der Waals surface area (Å²) in [4.78, 5) is 36.1. The Labute approximate surface area is 357 Å². The third-order valence-corrected chi connectivity index (χ3v) is 8.87. The Morgan fingerprint density at radius 1 is 0.567 bits per heavy atom. The molecule has 0 atom stereocenters. The first-order chi connectivity index (χ1) is 26.3. The molecular weight excluding hydrogens is 769 g/mol. The van der Waals surface area contributed by atoms with E-state index in [2.05, 4.69) is 87.7 Å². The van der Waals surface area contributed by atoms with Gasteiger partial charge in [-0.2, -0.15) is 10.4 Å². The van der Waals surface area contributed by atoms with Gasteiger partial charge in [-0.05, 0) is 112 Å². The maximum atomic E-state index is 12.3. The van der Waals surface area contributed by atoms with Crippen LogP contribution in [0.4, 0.5) is 14.4 Å². The molecule has 2 aromatic carbocycles. The van der Waals surface area contributed by atoms with E-state index in [-0.39, 0.29) is 46.6 Å². The fourth-order valence-electron chi connectivity index (χ4n) is 6.39. The molecule has 2 saturated heterocycles. The highest BCUT2D eigenvalue weighted by Gasteiger charge is 2.43. The minimum Gasteiger partial charge on any atom is -0.444 e. The Kier molecular flexibility index (Phi) is 21.2. The zero-order valence-corrected chi connectivity index (χ0v) is 33.9. The molecule has 2 fully saturated rings. The van der Waals surface area contributed by atoms with E-state index in [1.54, 1.807) is 46.4 Å². The lowest BCUT2D eigenvalue weighted by Crippen LogP contribution is -2.47. The van der Waals surface area contributed by atoms with Gasteiger partial charge in [-0.15, -0.1) is 20.4 Å². The van der Waals surface area contributed by atoms with Crippen molar-refractivity contribution in [2.45, 2.75) is 145 Å². The highest BCUT2D eigenvalue weighted by Crippen LogP contribution is 2.40. The molecule has 2 aromatic heterocycles. The summed E-state index contributed by atoms with van der Waals surface area (Å²) in [5.41, 5.74) is 0.140. The van der Waals surface area contributed by atoms with Gasteiger partial charge in [0.2, 0.25) is 0 Å². The molecule has 0 saturated carbocycles. The van der Waals surface area contributed by atoms with Crippen molar-refractivity contribution in [3.8, 4) is 0 Å². The molecule has 60 heavy (non-hydrogen) atoms. The third kappa shape index (κ3) is 16.0. The molecule has 2 aliphatic heterocycles. The van der Waals surface area contributed by atoms with Crippen LogP contribution in [-0.2, 0) is 29.8 Å². The summed E-state index contributed by atoms with van der Waals surface area (Å²) >= 11 is 0. The minimum atomic E-state index is -1.06. The van der Waals surface area contributed by atoms with Crippen molar-refractivity contribution in [2.24, 2.45) is 0 Å². The molecule has 4 aromatic rings. The van der Waals surface area contributed by atoms with Crippen LogP contribution in [0, 0.1) is 0 Å². The van der Waals surface area contributed by atoms with Crippen LogP contribution in [0.3, 0.4) is 0 Å². The van der Waals surface area contributed by atoms with Gasteiger partial charge in [0, 0.05) is 13.1 Å². The number of tetrazole rings is 2. The number of likely N-dealkylation sites (tertiary alicyclic amines) is 1. The molecule has 17 heteroatoms. The van der Waals surface area contributed by atoms with Crippen molar-refractivity contribution >= 4 is 18.4 Å². The average molecular weight is 841 g/mol. The van der Waals surface area contributed by atoms with Crippen molar-refractivity contribution in [2.75, 3.05) is 26.2 Å². The summed E-state index contributed by atoms with van der Waals surface area (Å²) in [5, 5.41) is 32.8. The maximum Gasteiger partial charge on any atom is 0.519 e. The summed E-state index contributed by atoms with van der Waals surface area (Å²) < 4.78 is 19.3. The van der Waals surface area contributed by atoms with Crippen LogP contribution in [-0.4, -0.2) is 108 Å². The average Bonchev–Trinajstić information content (AvgIpc) is 3.88. The minimum absolute atomic E-state index is 0. The van der Waals surface area contributed by atoms with Gasteiger partial charge in [-0.1, -0.05) is 101 Å². The molecule has 0 radical (unpaired) electrons. The predicted molar refractivity (Wildman–Crippen MR) is 232 cm³/mol. The highest BCUT2D eigenvalue weighted by molar-refractivity contribution is 5.77. The second kappa shape index (κ2) is 23.4. The monoisotopic (exact) mass is 841 g/mol. The van der Waals surface area contributed by atoms with Gasteiger partial charge in [0.1, 0.15) is 16.8 Å². The van der Waals surface area contributed by atoms with E-state index in [1.165, 1.54) is 5.56 Å². The van der Waals surface area contributed by atoms with Crippen LogP contribution in [0.25, 0.3) is 0 Å². The van der Waals surface area contributed by atoms with E-state index in [0.717, 1.165) is 50.2 Å². The zero-order chi connectivity index (χ0) is 41.0. The number of benzene rings is 2. The van der Waals surface area contributed by atoms with Crippen molar-refractivity contribution in [3.63, 3.8) is 0 Å². The number of nitrogens with zero attached hydrogens (tertiary/aromatic N) is 7. The number of aromatic amines is 2. The summed E-state index contributed by atoms with van der Waals surface area (Å²) in [7, 11) is 0. The van der Waals surface area contributed by atoms with Gasteiger partial charge < -0.3 is 29.2 Å². The Morgan fingerprint density at radius 3 is 1.27 bits per heavy atom. The first kappa shape index (κ1) is 54.6. The van der Waals surface area contributed by atoms with E-state index in [4.69, 9.17) is 14.2 Å². The number of amides is 1. The number of carbonyl (C=O) groups excluding carboxylic acids is 3. The van der Waals surface area contributed by atoms with Crippen LogP contribution < -0.4 is 5.32 Å². The lowest BCUT2D eigenvalue weighted by atomic mass is 9.72. The fraction of sp³-hybridized carbons (Fsp3) is 0.605. The zero-order valence-electron chi connectivity index (χ0n) is 33.9. The van der Waals surface area contributed by atoms with Gasteiger partial charge >= 0.3 is 18.4 Å². The van der Waals surface area contributed by atoms with E-state index in [1.807, 2.05) is 45.0 Å². The van der Waals surface area contributed by atoms with Crippen LogP contribution >= 0.6 is 0 Å². The van der Waals surface area contributed by atoms with E-state index in [0.29, 0.717) is 18.9 Å². The standard InChI is InChI=1S/C17H23N5O2.C12H15N5.C10H18O5.4CH4/c1-16(2,3)24-15(23)22-11-9-17(10-12-22,14-18-20-21-19-14)13-7-5-4-6-8-13;1-2-4-10(5-3-1)12(6-8-13-9-7-12)11-14-16-17-15-11;1-9(2,3)14-7(11)13-8(12)15-10(4,5)6;;;;/h4-8H,9-12H2,1-3H3,(H,18,19,20,21);1-5,13H,6-9H2,(H,14,15,16,17);1-6H3;4*1H4. The molecule has 0 aliphatic carbocycles. The predicted octanol–water partition coefficient (Wildman–Crippen LogP) is 8.80. The summed E-state index contributed by atoms with van der Waals surface area (Å²) in [6.45, 7) is 18.8. The van der Waals surface area contributed by atoms with Gasteiger partial charge in [0.25, 0.3) is 0 Å². The number of ether oxygens (including phenoxy) is 4. The first-order valence-electron chi connectivity index (χ1n) is 18.7. The molecule has 2 aliphatic rings. The lowest BCUT2D eigenvalue weighted by Gasteiger charge is -2.40. The third-order valence-electron chi connectivity index (χ3n) is 8.87. The molecule has 4 heterocycles. The highest BCUT2D eigenvalue weighted by atomic mass is 16.8. The molecule has 6 rings (SSSR count). The number of nitrogens with one attached hydrogen (secondary N) is 3. The SMILES string of the molecule is C.C.C.C.CC(C)(C)OC(=O)N1CCC(c2ccccc2)(c2nn[nH]n2)CC1.CC(C)(C)OC(=O)OC(=O)OC(C)(C)C.c1ccc(C2(c3nn[nH]n3)CCNCC2)cc1. The fourth-order valence-corrected chi connectivity index (χ4v) is 6.39. The summed E-state index contributed by atoms with van der Waals surface area (Å²) in [6, 6.07) is 20.7. The van der Waals surface area contributed by atoms with Crippen LogP contribution in [0.5, 0.6) is 0 Å². The van der Waals surface area contributed by atoms with Gasteiger partial charge in [0.05, 0.1) is 10.8 Å². The first-order valence-corrected chi connectivity index (χ1v) is 18.7. The Morgan fingerprint density at radius 2 is 0.933 bits per heavy atom. The number of hydrogen-bond donors (Lipinski definition) is 3. The molecule has 0 bridgehead atoms. The number of aromatic nitrogens is 8. The topological polar surface area (TPSA) is 212 Å². The molecule has 1 amide bonds. The van der Waals surface area contributed by atoms with Crippen molar-refractivity contribution in [1.29, 1.82) is 0 Å². The van der Waals surface area contributed by atoms with Crippen LogP contribution in [0.2, 0.25) is 0 Å². The molecule has 3 N–H and O–H groups in total. The summed E-state index contributed by atoms with van der Waals surface area (Å²) in [5.74, 6) is 1.49. The maximum absolute atomic E-state index is 12.3. The number of rotatable bonds is 4. The quantitative estimate of drug-likeness (QED) is 0.0996. The lowest BCUT2D eigenvalue weighted by molar-refractivity contribution is -0.0294. The summed E-state index contributed by atoms with van der Waals surface area (Å²) in [6.07, 6.45) is 1.10. The van der Waals surface area contributed by atoms with Gasteiger partial charge in [0.15, 0.2) is 11.6 Å². The number of piperidine rings is 2. The normalized spacial score (nSPS) is 15.4. The molecule has 0 unspecified atom stereocenters. The molecule has 0 spiro atoms. The van der Waals surface area contributed by atoms with Crippen molar-refractivity contribution < 1.29 is 33.3 Å². The largest absolute Gasteiger partial charge is 0.519 e. The molecular formula is C43H72N10O7. The van der Waals surface area contributed by atoms with E-state index >= 15 is 0 Å². The smallest absolute Gasteiger partial charge is 0.444 e. The van der Waals surface area contributed by atoms with Crippen LogP contribution in [0.15, 0.2) is 60.7 Å². The Bertz CT molecular complexity index is 1760. The van der Waals surface area contributed by atoms with Crippen molar-refractivity contribution in [3.05, 3.63) is 83.4 Å². The second-order valence-corrected chi connectivity index (χ2v) is 16.6. The Hall–Kier alpha value is -5.45. The van der Waals surface area contributed by atoms with E-state index in [9.17, 15) is 14.4 Å². The molecule has 17 nitrogen and oxygen atoms in total. The number of H-pyrrole nitrogens is 2. The van der Waals surface area contributed by atoms with Crippen LogP contribution in [0.1, 0.15) is 140 Å². The number of hydrogen-bond acceptors (Lipinski definition) is 14. The number of carbonyl (C=O) groups is 3.